The van der Waals surface area contributed by atoms with Gasteiger partial charge in [-0.15, -0.1) is 0 Å². The summed E-state index contributed by atoms with van der Waals surface area (Å²) < 4.78 is 15.5. The molecule has 0 bridgehead atoms. The molecular formula is C64H40N2O2. The van der Waals surface area contributed by atoms with E-state index in [4.69, 9.17) is 8.83 Å². The Morgan fingerprint density at radius 1 is 0.309 bits per heavy atom. The summed E-state index contributed by atoms with van der Waals surface area (Å²) in [5, 5.41) is 9.31. The largest absolute Gasteiger partial charge is 0.456 e. The molecule has 0 saturated carbocycles. The number of hydrogen-bond acceptors (Lipinski definition) is 3. The molecule has 0 saturated heterocycles. The first-order valence-electron chi connectivity index (χ1n) is 23.2. The molecular weight excluding hydrogens is 829 g/mol. The van der Waals surface area contributed by atoms with Crippen LogP contribution >= 0.6 is 0 Å². The van der Waals surface area contributed by atoms with Gasteiger partial charge in [-0.1, -0.05) is 164 Å². The Kier molecular flexibility index (Phi) is 8.55. The summed E-state index contributed by atoms with van der Waals surface area (Å²) in [7, 11) is 0. The average molecular weight is 869 g/mol. The van der Waals surface area contributed by atoms with Crippen molar-refractivity contribution in [1.29, 1.82) is 0 Å². The Labute approximate surface area is 391 Å². The highest BCUT2D eigenvalue weighted by Crippen LogP contribution is 2.46. The zero-order valence-corrected chi connectivity index (χ0v) is 36.8. The molecule has 68 heavy (non-hydrogen) atoms. The second-order valence-corrected chi connectivity index (χ2v) is 17.6. The summed E-state index contributed by atoms with van der Waals surface area (Å²) in [6.45, 7) is 0. The third-order valence-electron chi connectivity index (χ3n) is 13.8. The number of aromatic nitrogens is 1. The second-order valence-electron chi connectivity index (χ2n) is 17.6. The topological polar surface area (TPSA) is 34.5 Å². The number of rotatable bonds is 7. The van der Waals surface area contributed by atoms with E-state index < -0.39 is 0 Å². The van der Waals surface area contributed by atoms with Gasteiger partial charge in [0.15, 0.2) is 0 Å². The number of para-hydroxylation sites is 4. The van der Waals surface area contributed by atoms with Crippen molar-refractivity contribution in [3.8, 4) is 39.1 Å². The van der Waals surface area contributed by atoms with Crippen molar-refractivity contribution < 1.29 is 8.83 Å². The molecule has 0 fully saturated rings. The summed E-state index contributed by atoms with van der Waals surface area (Å²) in [4.78, 5) is 2.38. The lowest BCUT2D eigenvalue weighted by Gasteiger charge is -2.27. The Balaban J connectivity index is 0.970. The van der Waals surface area contributed by atoms with E-state index in [9.17, 15) is 0 Å². The van der Waals surface area contributed by atoms with Crippen molar-refractivity contribution in [3.05, 3.63) is 243 Å². The van der Waals surface area contributed by atoms with E-state index in [1.54, 1.807) is 0 Å². The van der Waals surface area contributed by atoms with Gasteiger partial charge in [0.1, 0.15) is 22.3 Å². The highest BCUT2D eigenvalue weighted by atomic mass is 16.3. The Hall–Kier alpha value is -9.12. The fourth-order valence-corrected chi connectivity index (χ4v) is 10.7. The van der Waals surface area contributed by atoms with Gasteiger partial charge in [-0.05, 0) is 117 Å². The normalized spacial score (nSPS) is 11.8. The van der Waals surface area contributed by atoms with Crippen LogP contribution in [0.1, 0.15) is 0 Å². The van der Waals surface area contributed by atoms with E-state index in [1.165, 1.54) is 43.7 Å². The summed E-state index contributed by atoms with van der Waals surface area (Å²) >= 11 is 0. The van der Waals surface area contributed by atoms with Crippen molar-refractivity contribution in [2.45, 2.75) is 0 Å². The molecule has 0 amide bonds. The minimum Gasteiger partial charge on any atom is -0.456 e. The summed E-state index contributed by atoms with van der Waals surface area (Å²) in [6.07, 6.45) is 0. The maximum atomic E-state index is 6.85. The van der Waals surface area contributed by atoms with Crippen LogP contribution in [0.5, 0.6) is 0 Å². The van der Waals surface area contributed by atoms with E-state index in [0.717, 1.165) is 88.9 Å². The summed E-state index contributed by atoms with van der Waals surface area (Å²) in [6, 6.07) is 87.0. The quantitative estimate of drug-likeness (QED) is 0.160. The molecule has 3 aromatic heterocycles. The predicted octanol–water partition coefficient (Wildman–Crippen LogP) is 18.2. The van der Waals surface area contributed by atoms with Crippen LogP contribution in [0, 0.1) is 0 Å². The molecule has 14 rings (SSSR count). The van der Waals surface area contributed by atoms with Gasteiger partial charge in [0.05, 0.1) is 11.0 Å². The van der Waals surface area contributed by atoms with Gasteiger partial charge in [-0.25, -0.2) is 0 Å². The van der Waals surface area contributed by atoms with Crippen LogP contribution in [0.2, 0.25) is 0 Å². The molecule has 0 aliphatic carbocycles. The monoisotopic (exact) mass is 868 g/mol. The number of furan rings is 2. The minimum absolute atomic E-state index is 0.857. The van der Waals surface area contributed by atoms with E-state index in [-0.39, 0.29) is 0 Å². The molecule has 3 heterocycles. The van der Waals surface area contributed by atoms with Crippen molar-refractivity contribution in [3.63, 3.8) is 0 Å². The minimum atomic E-state index is 0.857. The highest BCUT2D eigenvalue weighted by Gasteiger charge is 2.22. The molecule has 4 heteroatoms. The van der Waals surface area contributed by atoms with Gasteiger partial charge in [0, 0.05) is 60.6 Å². The zero-order chi connectivity index (χ0) is 44.7. The Morgan fingerprint density at radius 2 is 0.853 bits per heavy atom. The van der Waals surface area contributed by atoms with Gasteiger partial charge in [-0.2, -0.15) is 0 Å². The van der Waals surface area contributed by atoms with Crippen LogP contribution in [-0.4, -0.2) is 4.57 Å². The fourth-order valence-electron chi connectivity index (χ4n) is 10.7. The number of benzene rings is 11. The SMILES string of the molecule is c1cc(-c2cc(N(c3ccc(-c4cccc5ccccc45)cc3)c3ccc(-c4cccc5oc6ccccc6c45)cc3)cc3c2oc2ccccc23)cc(-n2c3ccccc3c3ccccc32)c1. The molecule has 0 aliphatic rings. The van der Waals surface area contributed by atoms with E-state index in [2.05, 4.69) is 234 Å². The summed E-state index contributed by atoms with van der Waals surface area (Å²) in [5.74, 6) is 0. The highest BCUT2D eigenvalue weighted by molar-refractivity contribution is 6.14. The number of hydrogen-bond donors (Lipinski definition) is 0. The number of fused-ring (bicyclic) bond motifs is 10. The Morgan fingerprint density at radius 3 is 1.59 bits per heavy atom. The van der Waals surface area contributed by atoms with E-state index in [0.29, 0.717) is 0 Å². The second kappa shape index (κ2) is 15.2. The zero-order valence-electron chi connectivity index (χ0n) is 36.8. The third kappa shape index (κ3) is 6.01. The summed E-state index contributed by atoms with van der Waals surface area (Å²) in [5.41, 5.74) is 16.8. The van der Waals surface area contributed by atoms with Crippen LogP contribution in [-0.2, 0) is 0 Å². The van der Waals surface area contributed by atoms with Crippen molar-refractivity contribution in [2.75, 3.05) is 4.90 Å². The third-order valence-corrected chi connectivity index (χ3v) is 13.8. The van der Waals surface area contributed by atoms with Crippen LogP contribution in [0.3, 0.4) is 0 Å². The molecule has 0 unspecified atom stereocenters. The molecule has 0 radical (unpaired) electrons. The molecule has 318 valence electrons. The molecule has 4 nitrogen and oxygen atoms in total. The maximum absolute atomic E-state index is 6.85. The lowest BCUT2D eigenvalue weighted by atomic mass is 9.97. The first-order valence-corrected chi connectivity index (χ1v) is 23.2. The van der Waals surface area contributed by atoms with Crippen LogP contribution in [0.15, 0.2) is 251 Å². The van der Waals surface area contributed by atoms with Crippen molar-refractivity contribution >= 4 is 93.5 Å². The van der Waals surface area contributed by atoms with E-state index >= 15 is 0 Å². The van der Waals surface area contributed by atoms with Crippen LogP contribution < -0.4 is 4.90 Å². The first-order chi connectivity index (χ1) is 33.7. The standard InChI is InChI=1S/C64H40N2O2/c1-2-18-49-41(14-1)15-12-23-50(49)42-30-34-45(35-31-42)65(46-36-32-43(33-37-46)51-24-13-29-62-63(51)55-22-6-10-28-61(55)67-62)48-39-56(64-57(40-48)54-21-5-9-27-60(54)68-64)44-16-11-17-47(38-44)66-58-25-7-3-19-52(58)53-20-4-8-26-59(53)66/h1-40H. The lowest BCUT2D eigenvalue weighted by Crippen LogP contribution is -2.10. The molecule has 0 N–H and O–H groups in total. The predicted molar refractivity (Wildman–Crippen MR) is 284 cm³/mol. The average Bonchev–Trinajstić information content (AvgIpc) is 4.09. The number of anilines is 3. The van der Waals surface area contributed by atoms with Crippen molar-refractivity contribution in [1.82, 2.24) is 4.57 Å². The van der Waals surface area contributed by atoms with Crippen LogP contribution in [0.4, 0.5) is 17.1 Å². The number of nitrogens with zero attached hydrogens (tertiary/aromatic N) is 2. The van der Waals surface area contributed by atoms with Gasteiger partial charge < -0.3 is 18.3 Å². The Bertz CT molecular complexity index is 4210. The molecule has 0 spiro atoms. The molecule has 0 aliphatic heterocycles. The molecule has 14 aromatic rings. The van der Waals surface area contributed by atoms with E-state index in [1.807, 2.05) is 18.2 Å². The smallest absolute Gasteiger partial charge is 0.143 e. The molecule has 11 aromatic carbocycles. The van der Waals surface area contributed by atoms with Gasteiger partial charge in [-0.3, -0.25) is 0 Å². The lowest BCUT2D eigenvalue weighted by molar-refractivity contribution is 0.669. The maximum Gasteiger partial charge on any atom is 0.143 e. The van der Waals surface area contributed by atoms with Crippen LogP contribution in [0.25, 0.3) is 116 Å². The first kappa shape index (κ1) is 38.2. The molecule has 0 atom stereocenters. The van der Waals surface area contributed by atoms with Gasteiger partial charge in [0.25, 0.3) is 0 Å². The van der Waals surface area contributed by atoms with Crippen molar-refractivity contribution in [2.24, 2.45) is 0 Å². The van der Waals surface area contributed by atoms with Gasteiger partial charge >= 0.3 is 0 Å². The fraction of sp³-hybridized carbons (Fsp3) is 0. The van der Waals surface area contributed by atoms with Gasteiger partial charge in [0.2, 0.25) is 0 Å².